The number of thioether (sulfide) groups is 1. The van der Waals surface area contributed by atoms with E-state index in [9.17, 15) is 14.0 Å². The molecule has 2 heterocycles. The fourth-order valence-corrected chi connectivity index (χ4v) is 3.15. The first kappa shape index (κ1) is 20.5. The quantitative estimate of drug-likeness (QED) is 0.359. The molecule has 7 nitrogen and oxygen atoms in total. The molecule has 9 heteroatoms. The minimum absolute atomic E-state index is 0.000891. The van der Waals surface area contributed by atoms with Gasteiger partial charge in [0.2, 0.25) is 0 Å². The molecule has 0 aliphatic rings. The lowest BCUT2D eigenvalue weighted by atomic mass is 10.2. The van der Waals surface area contributed by atoms with Crippen LogP contribution < -0.4 is 5.32 Å². The van der Waals surface area contributed by atoms with Crippen LogP contribution in [0.2, 0.25) is 0 Å². The van der Waals surface area contributed by atoms with Crippen LogP contribution in [-0.4, -0.2) is 34.7 Å². The van der Waals surface area contributed by atoms with E-state index >= 15 is 0 Å². The molecule has 0 bridgehead atoms. The second kappa shape index (κ2) is 9.33. The largest absolute Gasteiger partial charge is 0.461 e. The van der Waals surface area contributed by atoms with Crippen LogP contribution in [0.5, 0.6) is 0 Å². The van der Waals surface area contributed by atoms with Crippen molar-refractivity contribution in [1.82, 2.24) is 15.3 Å². The van der Waals surface area contributed by atoms with Crippen LogP contribution in [0, 0.1) is 12.7 Å². The number of benzene rings is 1. The summed E-state index contributed by atoms with van der Waals surface area (Å²) in [7, 11) is 0. The lowest BCUT2D eigenvalue weighted by Gasteiger charge is -2.11. The fourth-order valence-electron chi connectivity index (χ4n) is 2.54. The number of amides is 1. The molecule has 2 aromatic heterocycles. The van der Waals surface area contributed by atoms with Crippen molar-refractivity contribution in [2.45, 2.75) is 18.5 Å². The van der Waals surface area contributed by atoms with Gasteiger partial charge in [0.1, 0.15) is 16.4 Å². The van der Waals surface area contributed by atoms with Gasteiger partial charge in [-0.05, 0) is 31.4 Å². The predicted octanol–water partition coefficient (Wildman–Crippen LogP) is 3.38. The molecule has 0 saturated heterocycles. The van der Waals surface area contributed by atoms with E-state index in [0.29, 0.717) is 27.9 Å². The molecule has 150 valence electrons. The Labute approximate surface area is 170 Å². The number of hydrogen-bond donors (Lipinski definition) is 1. The number of ether oxygens (including phenoxy) is 1. The normalized spacial score (nSPS) is 10.6. The van der Waals surface area contributed by atoms with E-state index in [2.05, 4.69) is 15.3 Å². The van der Waals surface area contributed by atoms with Gasteiger partial charge in [-0.3, -0.25) is 4.79 Å². The summed E-state index contributed by atoms with van der Waals surface area (Å²) in [5, 5.41) is 2.93. The zero-order valence-electron chi connectivity index (χ0n) is 15.8. The SMILES string of the molecule is CSc1nc(-c2ccco2)nc(C)c1C(=O)OCC(=O)NCc1ccccc1F. The van der Waals surface area contributed by atoms with Gasteiger partial charge in [0.25, 0.3) is 5.91 Å². The van der Waals surface area contributed by atoms with E-state index in [-0.39, 0.29) is 12.1 Å². The number of aromatic nitrogens is 2. The number of aryl methyl sites for hydroxylation is 1. The summed E-state index contributed by atoms with van der Waals surface area (Å²) >= 11 is 1.26. The van der Waals surface area contributed by atoms with E-state index in [1.807, 2.05) is 0 Å². The Kier molecular flexibility index (Phi) is 6.61. The van der Waals surface area contributed by atoms with Crippen molar-refractivity contribution < 1.29 is 23.1 Å². The molecule has 3 rings (SSSR count). The van der Waals surface area contributed by atoms with Gasteiger partial charge in [0.15, 0.2) is 18.2 Å². The lowest BCUT2D eigenvalue weighted by Crippen LogP contribution is -2.29. The maximum atomic E-state index is 13.6. The number of carbonyl (C=O) groups is 2. The molecule has 1 amide bonds. The predicted molar refractivity (Wildman–Crippen MR) is 105 cm³/mol. The summed E-state index contributed by atoms with van der Waals surface area (Å²) in [5.41, 5.74) is 0.942. The average molecular weight is 415 g/mol. The molecule has 0 saturated carbocycles. The Hall–Kier alpha value is -3.20. The van der Waals surface area contributed by atoms with Crippen LogP contribution in [0.4, 0.5) is 4.39 Å². The van der Waals surface area contributed by atoms with Crippen molar-refractivity contribution in [2.24, 2.45) is 0 Å². The number of furan rings is 1. The molecule has 29 heavy (non-hydrogen) atoms. The van der Waals surface area contributed by atoms with Crippen LogP contribution in [-0.2, 0) is 16.1 Å². The van der Waals surface area contributed by atoms with Gasteiger partial charge < -0.3 is 14.5 Å². The first-order valence-electron chi connectivity index (χ1n) is 8.63. The Balaban J connectivity index is 1.64. The maximum Gasteiger partial charge on any atom is 0.343 e. The van der Waals surface area contributed by atoms with Gasteiger partial charge in [-0.15, -0.1) is 11.8 Å². The molecule has 0 spiro atoms. The number of esters is 1. The molecule has 0 unspecified atom stereocenters. The molecular formula is C20H18FN3O4S. The smallest absolute Gasteiger partial charge is 0.343 e. The third-order valence-corrected chi connectivity index (χ3v) is 4.65. The summed E-state index contributed by atoms with van der Waals surface area (Å²) in [5.74, 6) is -0.831. The fraction of sp³-hybridized carbons (Fsp3) is 0.200. The molecule has 0 radical (unpaired) electrons. The van der Waals surface area contributed by atoms with Crippen molar-refractivity contribution in [3.63, 3.8) is 0 Å². The third kappa shape index (κ3) is 5.00. The first-order chi connectivity index (χ1) is 14.0. The van der Waals surface area contributed by atoms with E-state index in [1.54, 1.807) is 43.5 Å². The van der Waals surface area contributed by atoms with Gasteiger partial charge >= 0.3 is 5.97 Å². The summed E-state index contributed by atoms with van der Waals surface area (Å²) in [6.45, 7) is 1.16. The lowest BCUT2D eigenvalue weighted by molar-refractivity contribution is -0.124. The Morgan fingerprint density at radius 1 is 1.21 bits per heavy atom. The number of rotatable bonds is 7. The van der Waals surface area contributed by atoms with E-state index in [4.69, 9.17) is 9.15 Å². The minimum Gasteiger partial charge on any atom is -0.461 e. The highest BCUT2D eigenvalue weighted by Crippen LogP contribution is 2.25. The van der Waals surface area contributed by atoms with E-state index in [1.165, 1.54) is 24.1 Å². The van der Waals surface area contributed by atoms with Crippen LogP contribution in [0.3, 0.4) is 0 Å². The van der Waals surface area contributed by atoms with Gasteiger partial charge in [-0.2, -0.15) is 0 Å². The van der Waals surface area contributed by atoms with Crippen LogP contribution >= 0.6 is 11.8 Å². The topological polar surface area (TPSA) is 94.3 Å². The van der Waals surface area contributed by atoms with Gasteiger partial charge in [-0.1, -0.05) is 18.2 Å². The monoisotopic (exact) mass is 415 g/mol. The van der Waals surface area contributed by atoms with Crippen LogP contribution in [0.15, 0.2) is 52.1 Å². The Morgan fingerprint density at radius 2 is 2.00 bits per heavy atom. The first-order valence-corrected chi connectivity index (χ1v) is 9.85. The highest BCUT2D eigenvalue weighted by molar-refractivity contribution is 7.98. The average Bonchev–Trinajstić information content (AvgIpc) is 3.25. The number of nitrogens with one attached hydrogen (secondary N) is 1. The van der Waals surface area contributed by atoms with Crippen molar-refractivity contribution >= 4 is 23.6 Å². The molecule has 3 aromatic rings. The molecule has 0 fully saturated rings. The number of hydrogen-bond acceptors (Lipinski definition) is 7. The number of halogens is 1. The second-order valence-electron chi connectivity index (χ2n) is 5.94. The molecule has 1 aromatic carbocycles. The van der Waals surface area contributed by atoms with Crippen LogP contribution in [0.25, 0.3) is 11.6 Å². The molecule has 0 atom stereocenters. The van der Waals surface area contributed by atoms with Crippen molar-refractivity contribution in [3.8, 4) is 11.6 Å². The molecular weight excluding hydrogens is 397 g/mol. The summed E-state index contributed by atoms with van der Waals surface area (Å²) in [6, 6.07) is 9.54. The van der Waals surface area contributed by atoms with Crippen molar-refractivity contribution in [1.29, 1.82) is 0 Å². The van der Waals surface area contributed by atoms with Crippen LogP contribution in [0.1, 0.15) is 21.6 Å². The highest BCUT2D eigenvalue weighted by atomic mass is 32.2. The second-order valence-corrected chi connectivity index (χ2v) is 6.73. The zero-order valence-corrected chi connectivity index (χ0v) is 16.6. The van der Waals surface area contributed by atoms with Gasteiger partial charge in [0.05, 0.1) is 12.0 Å². The summed E-state index contributed by atoms with van der Waals surface area (Å²) < 4.78 is 24.0. The van der Waals surface area contributed by atoms with E-state index in [0.717, 1.165) is 0 Å². The number of carbonyl (C=O) groups excluding carboxylic acids is 2. The molecule has 0 aliphatic heterocycles. The molecule has 1 N–H and O–H groups in total. The highest BCUT2D eigenvalue weighted by Gasteiger charge is 2.22. The van der Waals surface area contributed by atoms with Gasteiger partial charge in [0, 0.05) is 12.1 Å². The van der Waals surface area contributed by atoms with Crippen molar-refractivity contribution in [2.75, 3.05) is 12.9 Å². The summed E-state index contributed by atoms with van der Waals surface area (Å²) in [4.78, 5) is 33.1. The summed E-state index contributed by atoms with van der Waals surface area (Å²) in [6.07, 6.45) is 3.28. The Morgan fingerprint density at radius 3 is 2.69 bits per heavy atom. The Bertz CT molecular complexity index is 1020. The maximum absolute atomic E-state index is 13.6. The van der Waals surface area contributed by atoms with E-state index < -0.39 is 24.3 Å². The third-order valence-electron chi connectivity index (χ3n) is 3.96. The number of nitrogens with zero attached hydrogens (tertiary/aromatic N) is 2. The minimum atomic E-state index is -0.709. The van der Waals surface area contributed by atoms with Crippen molar-refractivity contribution in [3.05, 3.63) is 65.3 Å². The zero-order chi connectivity index (χ0) is 20.8. The molecule has 0 aliphatic carbocycles. The standard InChI is InChI=1S/C20H18FN3O4S/c1-12-17(19(29-2)24-18(23-12)15-8-5-9-27-15)20(26)28-11-16(25)22-10-13-6-3-4-7-14(13)21/h3-9H,10-11H2,1-2H3,(H,22,25). The van der Waals surface area contributed by atoms with Gasteiger partial charge in [-0.25, -0.2) is 19.2 Å².